The Morgan fingerprint density at radius 1 is 1.08 bits per heavy atom. The van der Waals surface area contributed by atoms with E-state index in [1.54, 1.807) is 7.11 Å². The molecule has 1 atom stereocenters. The highest BCUT2D eigenvalue weighted by molar-refractivity contribution is 5.97. The predicted molar refractivity (Wildman–Crippen MR) is 100 cm³/mol. The molecule has 2 aromatic carbocycles. The molecule has 132 valence electrons. The Hall–Kier alpha value is -2.33. The first-order chi connectivity index (χ1) is 12.2. The zero-order chi connectivity index (χ0) is 17.6. The van der Waals surface area contributed by atoms with Gasteiger partial charge in [0.15, 0.2) is 0 Å². The monoisotopic (exact) mass is 338 g/mol. The lowest BCUT2D eigenvalue weighted by Gasteiger charge is -2.40. The summed E-state index contributed by atoms with van der Waals surface area (Å²) in [6.45, 7) is 5.66. The van der Waals surface area contributed by atoms with Crippen molar-refractivity contribution in [2.24, 2.45) is 0 Å². The largest absolute Gasteiger partial charge is 0.496 e. The smallest absolute Gasteiger partial charge is 0.257 e. The van der Waals surface area contributed by atoms with Crippen LogP contribution >= 0.6 is 0 Å². The number of rotatable bonds is 5. The summed E-state index contributed by atoms with van der Waals surface area (Å²) in [5.41, 5.74) is 2.01. The Morgan fingerprint density at radius 2 is 1.80 bits per heavy atom. The van der Waals surface area contributed by atoms with Gasteiger partial charge in [-0.1, -0.05) is 42.5 Å². The van der Waals surface area contributed by atoms with Crippen molar-refractivity contribution < 1.29 is 9.53 Å². The lowest BCUT2D eigenvalue weighted by Crippen LogP contribution is -2.54. The Labute approximate surface area is 150 Å². The minimum absolute atomic E-state index is 0.0620. The van der Waals surface area contributed by atoms with Crippen molar-refractivity contribution in [2.75, 3.05) is 33.3 Å². The van der Waals surface area contributed by atoms with Crippen LogP contribution in [-0.2, 0) is 6.42 Å². The number of benzene rings is 2. The average Bonchev–Trinajstić information content (AvgIpc) is 2.67. The SMILES string of the molecule is COc1ccccc1C(=O)N1CCN(CCc2ccccc2)C(C)C1. The maximum Gasteiger partial charge on any atom is 0.257 e. The average molecular weight is 338 g/mol. The van der Waals surface area contributed by atoms with E-state index in [0.29, 0.717) is 17.4 Å². The molecule has 1 amide bonds. The number of nitrogens with zero attached hydrogens (tertiary/aromatic N) is 2. The van der Waals surface area contributed by atoms with Gasteiger partial charge in [-0.3, -0.25) is 9.69 Å². The molecule has 1 saturated heterocycles. The Balaban J connectivity index is 1.58. The highest BCUT2D eigenvalue weighted by atomic mass is 16.5. The Bertz CT molecular complexity index is 702. The minimum Gasteiger partial charge on any atom is -0.496 e. The van der Waals surface area contributed by atoms with Gasteiger partial charge >= 0.3 is 0 Å². The van der Waals surface area contributed by atoms with Gasteiger partial charge in [0, 0.05) is 32.2 Å². The van der Waals surface area contributed by atoms with E-state index in [4.69, 9.17) is 4.74 Å². The van der Waals surface area contributed by atoms with Crippen LogP contribution in [0.1, 0.15) is 22.8 Å². The quantitative estimate of drug-likeness (QED) is 0.840. The standard InChI is InChI=1S/C21H26N2O2/c1-17-16-23(21(24)19-10-6-7-11-20(19)25-2)15-14-22(17)13-12-18-8-4-3-5-9-18/h3-11,17H,12-16H2,1-2H3. The number of amides is 1. The van der Waals surface area contributed by atoms with Crippen LogP contribution in [0, 0.1) is 0 Å². The van der Waals surface area contributed by atoms with Crippen LogP contribution in [0.2, 0.25) is 0 Å². The summed E-state index contributed by atoms with van der Waals surface area (Å²) in [4.78, 5) is 17.3. The summed E-state index contributed by atoms with van der Waals surface area (Å²) in [6.07, 6.45) is 1.05. The fourth-order valence-corrected chi connectivity index (χ4v) is 3.42. The molecule has 4 heteroatoms. The third kappa shape index (κ3) is 4.20. The summed E-state index contributed by atoms with van der Waals surface area (Å²) >= 11 is 0. The van der Waals surface area contributed by atoms with Crippen molar-refractivity contribution in [2.45, 2.75) is 19.4 Å². The van der Waals surface area contributed by atoms with Gasteiger partial charge in [0.25, 0.3) is 5.91 Å². The number of carbonyl (C=O) groups excluding carboxylic acids is 1. The summed E-state index contributed by atoms with van der Waals surface area (Å²) in [7, 11) is 1.61. The number of methoxy groups -OCH3 is 1. The number of carbonyl (C=O) groups is 1. The third-order valence-corrected chi connectivity index (χ3v) is 4.92. The molecular formula is C21H26N2O2. The van der Waals surface area contributed by atoms with Gasteiger partial charge in [0.1, 0.15) is 5.75 Å². The molecule has 0 aliphatic carbocycles. The third-order valence-electron chi connectivity index (χ3n) is 4.92. The van der Waals surface area contributed by atoms with E-state index in [2.05, 4.69) is 36.1 Å². The second kappa shape index (κ2) is 8.17. The van der Waals surface area contributed by atoms with E-state index in [0.717, 1.165) is 32.6 Å². The van der Waals surface area contributed by atoms with E-state index in [1.165, 1.54) is 5.56 Å². The van der Waals surface area contributed by atoms with Gasteiger partial charge in [-0.15, -0.1) is 0 Å². The highest BCUT2D eigenvalue weighted by Crippen LogP contribution is 2.21. The van der Waals surface area contributed by atoms with Crippen molar-refractivity contribution in [3.8, 4) is 5.75 Å². The maximum atomic E-state index is 12.8. The molecule has 1 aliphatic rings. The summed E-state index contributed by atoms with van der Waals surface area (Å²) < 4.78 is 5.33. The van der Waals surface area contributed by atoms with Gasteiger partial charge in [-0.2, -0.15) is 0 Å². The molecule has 0 aromatic heterocycles. The molecule has 0 bridgehead atoms. The Kier molecular flexibility index (Phi) is 5.71. The number of hydrogen-bond donors (Lipinski definition) is 0. The fraction of sp³-hybridized carbons (Fsp3) is 0.381. The topological polar surface area (TPSA) is 32.8 Å². The van der Waals surface area contributed by atoms with E-state index in [1.807, 2.05) is 35.2 Å². The van der Waals surface area contributed by atoms with Crippen molar-refractivity contribution in [3.63, 3.8) is 0 Å². The summed E-state index contributed by atoms with van der Waals surface area (Å²) in [6, 6.07) is 18.4. The van der Waals surface area contributed by atoms with Crippen molar-refractivity contribution in [1.29, 1.82) is 0 Å². The number of hydrogen-bond acceptors (Lipinski definition) is 3. The number of ether oxygens (including phenoxy) is 1. The molecule has 0 radical (unpaired) electrons. The minimum atomic E-state index is 0.0620. The zero-order valence-electron chi connectivity index (χ0n) is 15.0. The molecule has 0 N–H and O–H groups in total. The second-order valence-electron chi connectivity index (χ2n) is 6.57. The van der Waals surface area contributed by atoms with Gasteiger partial charge in [0.2, 0.25) is 0 Å². The van der Waals surface area contributed by atoms with E-state index < -0.39 is 0 Å². The normalized spacial score (nSPS) is 18.2. The predicted octanol–water partition coefficient (Wildman–Crippen LogP) is 3.08. The molecule has 1 heterocycles. The van der Waals surface area contributed by atoms with E-state index >= 15 is 0 Å². The van der Waals surface area contributed by atoms with Crippen molar-refractivity contribution in [1.82, 2.24) is 9.80 Å². The van der Waals surface area contributed by atoms with Crippen molar-refractivity contribution in [3.05, 3.63) is 65.7 Å². The second-order valence-corrected chi connectivity index (χ2v) is 6.57. The molecule has 3 rings (SSSR count). The van der Waals surface area contributed by atoms with Crippen LogP contribution < -0.4 is 4.74 Å². The van der Waals surface area contributed by atoms with E-state index in [9.17, 15) is 4.79 Å². The van der Waals surface area contributed by atoms with Crippen LogP contribution in [0.5, 0.6) is 5.75 Å². The van der Waals surface area contributed by atoms with E-state index in [-0.39, 0.29) is 5.91 Å². The lowest BCUT2D eigenvalue weighted by molar-refractivity contribution is 0.0515. The molecule has 4 nitrogen and oxygen atoms in total. The van der Waals surface area contributed by atoms with Gasteiger partial charge < -0.3 is 9.64 Å². The lowest BCUT2D eigenvalue weighted by atomic mass is 10.1. The number of piperazine rings is 1. The number of para-hydroxylation sites is 1. The van der Waals surface area contributed by atoms with Crippen LogP contribution in [0.15, 0.2) is 54.6 Å². The van der Waals surface area contributed by atoms with Crippen LogP contribution in [-0.4, -0.2) is 55.0 Å². The maximum absolute atomic E-state index is 12.8. The molecular weight excluding hydrogens is 312 g/mol. The first kappa shape index (κ1) is 17.5. The summed E-state index contributed by atoms with van der Waals surface area (Å²) in [5.74, 6) is 0.707. The first-order valence-electron chi connectivity index (χ1n) is 8.89. The fourth-order valence-electron chi connectivity index (χ4n) is 3.42. The first-order valence-corrected chi connectivity index (χ1v) is 8.89. The highest BCUT2D eigenvalue weighted by Gasteiger charge is 2.28. The molecule has 2 aromatic rings. The zero-order valence-corrected chi connectivity index (χ0v) is 15.0. The molecule has 0 spiro atoms. The molecule has 1 unspecified atom stereocenters. The van der Waals surface area contributed by atoms with Gasteiger partial charge in [-0.05, 0) is 31.0 Å². The molecule has 1 aliphatic heterocycles. The van der Waals surface area contributed by atoms with Gasteiger partial charge in [-0.25, -0.2) is 0 Å². The molecule has 25 heavy (non-hydrogen) atoms. The van der Waals surface area contributed by atoms with Crippen LogP contribution in [0.25, 0.3) is 0 Å². The van der Waals surface area contributed by atoms with Gasteiger partial charge in [0.05, 0.1) is 12.7 Å². The van der Waals surface area contributed by atoms with Crippen LogP contribution in [0.4, 0.5) is 0 Å². The van der Waals surface area contributed by atoms with Crippen molar-refractivity contribution >= 4 is 5.91 Å². The Morgan fingerprint density at radius 3 is 2.52 bits per heavy atom. The molecule has 0 saturated carbocycles. The molecule has 1 fully saturated rings. The summed E-state index contributed by atoms with van der Waals surface area (Å²) in [5, 5.41) is 0. The van der Waals surface area contributed by atoms with Crippen LogP contribution in [0.3, 0.4) is 0 Å².